The fourth-order valence-corrected chi connectivity index (χ4v) is 0.697. The molecule has 1 aromatic rings. The SMILES string of the molecule is O=C1CN1.Oc1cccc(Cl)c1. The lowest BCUT2D eigenvalue weighted by molar-refractivity contribution is -0.110. The summed E-state index contributed by atoms with van der Waals surface area (Å²) in [6, 6.07) is 6.46. The van der Waals surface area contributed by atoms with Gasteiger partial charge in [-0.1, -0.05) is 17.7 Å². The van der Waals surface area contributed by atoms with Gasteiger partial charge in [-0.2, -0.15) is 0 Å². The number of hydrogen-bond donors (Lipinski definition) is 2. The zero-order valence-corrected chi connectivity index (χ0v) is 7.01. The minimum absolute atomic E-state index is 0.167. The Hall–Kier alpha value is -1.22. The highest BCUT2D eigenvalue weighted by Gasteiger charge is 2.10. The van der Waals surface area contributed by atoms with Crippen molar-refractivity contribution >= 4 is 17.5 Å². The highest BCUT2D eigenvalue weighted by atomic mass is 35.5. The van der Waals surface area contributed by atoms with Crippen molar-refractivity contribution in [3.05, 3.63) is 29.3 Å². The Morgan fingerprint density at radius 1 is 1.50 bits per heavy atom. The summed E-state index contributed by atoms with van der Waals surface area (Å²) in [7, 11) is 0. The van der Waals surface area contributed by atoms with Gasteiger partial charge in [0, 0.05) is 5.02 Å². The minimum Gasteiger partial charge on any atom is -0.508 e. The van der Waals surface area contributed by atoms with E-state index in [1.807, 2.05) is 0 Å². The summed E-state index contributed by atoms with van der Waals surface area (Å²) in [5.41, 5.74) is 0. The molecule has 0 aromatic heterocycles. The van der Waals surface area contributed by atoms with Crippen molar-refractivity contribution in [2.24, 2.45) is 0 Å². The smallest absolute Gasteiger partial charge is 0.239 e. The molecule has 1 heterocycles. The fourth-order valence-electron chi connectivity index (χ4n) is 0.512. The van der Waals surface area contributed by atoms with Gasteiger partial charge < -0.3 is 10.4 Å². The van der Waals surface area contributed by atoms with E-state index in [9.17, 15) is 4.79 Å². The van der Waals surface area contributed by atoms with Crippen molar-refractivity contribution in [3.63, 3.8) is 0 Å². The summed E-state index contributed by atoms with van der Waals surface area (Å²) < 4.78 is 0. The van der Waals surface area contributed by atoms with E-state index in [0.29, 0.717) is 11.6 Å². The van der Waals surface area contributed by atoms with Gasteiger partial charge in [-0.05, 0) is 18.2 Å². The highest BCUT2D eigenvalue weighted by molar-refractivity contribution is 6.30. The Kier molecular flexibility index (Phi) is 2.94. The van der Waals surface area contributed by atoms with Crippen molar-refractivity contribution in [3.8, 4) is 5.75 Å². The number of hydrogen-bond acceptors (Lipinski definition) is 2. The summed E-state index contributed by atoms with van der Waals surface area (Å²) in [5.74, 6) is 0.373. The standard InChI is InChI=1S/C6H5ClO.C2H3NO/c7-5-2-1-3-6(8)4-5;4-2-1-3-2/h1-4,8H;1H2,(H,3,4). The van der Waals surface area contributed by atoms with Gasteiger partial charge in [0.25, 0.3) is 0 Å². The van der Waals surface area contributed by atoms with Crippen LogP contribution in [0.5, 0.6) is 5.75 Å². The highest BCUT2D eigenvalue weighted by Crippen LogP contribution is 2.14. The van der Waals surface area contributed by atoms with E-state index in [0.717, 1.165) is 0 Å². The third-order valence-corrected chi connectivity index (χ3v) is 1.36. The van der Waals surface area contributed by atoms with E-state index in [4.69, 9.17) is 16.7 Å². The fraction of sp³-hybridized carbons (Fsp3) is 0.125. The van der Waals surface area contributed by atoms with Crippen LogP contribution in [0.25, 0.3) is 0 Å². The second-order valence-corrected chi connectivity index (χ2v) is 2.69. The zero-order valence-electron chi connectivity index (χ0n) is 6.25. The van der Waals surface area contributed by atoms with E-state index in [2.05, 4.69) is 5.32 Å². The number of carbonyl (C=O) groups excluding carboxylic acids is 1. The number of aromatic hydroxyl groups is 1. The molecule has 4 heteroatoms. The Morgan fingerprint density at radius 3 is 2.33 bits per heavy atom. The average Bonchev–Trinajstić information content (AvgIpc) is 2.72. The van der Waals surface area contributed by atoms with Crippen LogP contribution in [0.15, 0.2) is 24.3 Å². The zero-order chi connectivity index (χ0) is 8.97. The molecule has 1 aliphatic heterocycles. The number of nitrogens with one attached hydrogen (secondary N) is 1. The molecule has 0 bridgehead atoms. The molecular formula is C8H8ClNO2. The number of amides is 1. The van der Waals surface area contributed by atoms with E-state index in [1.54, 1.807) is 18.2 Å². The van der Waals surface area contributed by atoms with Gasteiger partial charge in [-0.15, -0.1) is 0 Å². The van der Waals surface area contributed by atoms with Crippen LogP contribution in [0.2, 0.25) is 5.02 Å². The topological polar surface area (TPSA) is 59.2 Å². The first kappa shape index (κ1) is 8.87. The molecule has 1 fully saturated rings. The summed E-state index contributed by atoms with van der Waals surface area (Å²) >= 11 is 5.48. The summed E-state index contributed by atoms with van der Waals surface area (Å²) in [5, 5.41) is 11.7. The first-order valence-electron chi connectivity index (χ1n) is 3.40. The molecule has 64 valence electrons. The van der Waals surface area contributed by atoms with Crippen molar-refractivity contribution < 1.29 is 9.90 Å². The molecule has 12 heavy (non-hydrogen) atoms. The predicted octanol–water partition coefficient (Wildman–Crippen LogP) is 1.16. The van der Waals surface area contributed by atoms with Crippen molar-refractivity contribution in [2.75, 3.05) is 6.54 Å². The third-order valence-electron chi connectivity index (χ3n) is 1.13. The van der Waals surface area contributed by atoms with Crippen LogP contribution in [-0.4, -0.2) is 17.6 Å². The van der Waals surface area contributed by atoms with E-state index >= 15 is 0 Å². The largest absolute Gasteiger partial charge is 0.508 e. The molecule has 2 rings (SSSR count). The van der Waals surface area contributed by atoms with Gasteiger partial charge in [-0.25, -0.2) is 0 Å². The average molecular weight is 186 g/mol. The molecule has 2 N–H and O–H groups in total. The van der Waals surface area contributed by atoms with Gasteiger partial charge >= 0.3 is 0 Å². The van der Waals surface area contributed by atoms with Crippen LogP contribution in [0.1, 0.15) is 0 Å². The normalized spacial score (nSPS) is 12.6. The molecule has 1 aromatic carbocycles. The third kappa shape index (κ3) is 3.83. The van der Waals surface area contributed by atoms with Crippen molar-refractivity contribution in [2.45, 2.75) is 0 Å². The number of halogens is 1. The molecule has 0 radical (unpaired) electrons. The molecule has 0 unspecified atom stereocenters. The predicted molar refractivity (Wildman–Crippen MR) is 46.1 cm³/mol. The Balaban J connectivity index is 0.000000150. The number of phenols is 1. The van der Waals surface area contributed by atoms with Gasteiger partial charge in [-0.3, -0.25) is 4.79 Å². The molecule has 0 atom stereocenters. The Morgan fingerprint density at radius 2 is 2.08 bits per heavy atom. The van der Waals surface area contributed by atoms with Crippen molar-refractivity contribution in [1.29, 1.82) is 0 Å². The molecule has 1 saturated heterocycles. The molecule has 3 nitrogen and oxygen atoms in total. The first-order valence-corrected chi connectivity index (χ1v) is 3.77. The van der Waals surface area contributed by atoms with E-state index in [-0.39, 0.29) is 11.7 Å². The van der Waals surface area contributed by atoms with E-state index < -0.39 is 0 Å². The molecule has 0 spiro atoms. The molecule has 1 amide bonds. The van der Waals surface area contributed by atoms with Crippen molar-refractivity contribution in [1.82, 2.24) is 5.32 Å². The number of phenolic OH excluding ortho intramolecular Hbond substituents is 1. The maximum Gasteiger partial charge on any atom is 0.239 e. The lowest BCUT2D eigenvalue weighted by Gasteiger charge is -1.88. The number of benzene rings is 1. The van der Waals surface area contributed by atoms with Crippen LogP contribution in [0.3, 0.4) is 0 Å². The van der Waals surface area contributed by atoms with Crippen LogP contribution < -0.4 is 5.32 Å². The van der Waals surface area contributed by atoms with Crippen LogP contribution >= 0.6 is 11.6 Å². The van der Waals surface area contributed by atoms with Crippen LogP contribution in [0, 0.1) is 0 Å². The van der Waals surface area contributed by atoms with Crippen LogP contribution in [-0.2, 0) is 4.79 Å². The number of rotatable bonds is 0. The molecule has 0 aliphatic carbocycles. The molecular weight excluding hydrogens is 178 g/mol. The molecule has 0 saturated carbocycles. The van der Waals surface area contributed by atoms with Crippen LogP contribution in [0.4, 0.5) is 0 Å². The maximum absolute atomic E-state index is 9.44. The maximum atomic E-state index is 9.44. The summed E-state index contributed by atoms with van der Waals surface area (Å²) in [4.78, 5) is 9.44. The van der Waals surface area contributed by atoms with E-state index in [1.165, 1.54) is 6.07 Å². The lowest BCUT2D eigenvalue weighted by atomic mass is 10.3. The van der Waals surface area contributed by atoms with Gasteiger partial charge in [0.1, 0.15) is 5.75 Å². The first-order chi connectivity index (χ1) is 5.68. The summed E-state index contributed by atoms with van der Waals surface area (Å²) in [6.07, 6.45) is 0. The Labute approximate surface area is 75.0 Å². The lowest BCUT2D eigenvalue weighted by Crippen LogP contribution is -1.66. The number of carbonyl (C=O) groups is 1. The monoisotopic (exact) mass is 185 g/mol. The quantitative estimate of drug-likeness (QED) is 0.596. The second kappa shape index (κ2) is 3.97. The van der Waals surface area contributed by atoms with Gasteiger partial charge in [0.2, 0.25) is 5.91 Å². The summed E-state index contributed by atoms with van der Waals surface area (Å²) in [6.45, 7) is 0.597. The minimum atomic E-state index is 0.167. The molecule has 1 aliphatic rings. The second-order valence-electron chi connectivity index (χ2n) is 2.26. The van der Waals surface area contributed by atoms with Gasteiger partial charge in [0.05, 0.1) is 6.54 Å². The van der Waals surface area contributed by atoms with Gasteiger partial charge in [0.15, 0.2) is 0 Å². The Bertz CT molecular complexity index is 265.